The lowest BCUT2D eigenvalue weighted by molar-refractivity contribution is 0.388. The highest BCUT2D eigenvalue weighted by Gasteiger charge is 2.43. The van der Waals surface area contributed by atoms with Crippen molar-refractivity contribution < 1.29 is 0 Å². The summed E-state index contributed by atoms with van der Waals surface area (Å²) in [4.78, 5) is 5.02. The van der Waals surface area contributed by atoms with E-state index in [1.54, 1.807) is 0 Å². The number of aromatic nitrogens is 2. The molecule has 2 atom stereocenters. The van der Waals surface area contributed by atoms with Crippen molar-refractivity contribution in [1.82, 2.24) is 9.55 Å². The molecule has 1 aromatic carbocycles. The molecule has 2 aromatic rings. The van der Waals surface area contributed by atoms with Crippen molar-refractivity contribution in [3.05, 3.63) is 29.6 Å². The van der Waals surface area contributed by atoms with Gasteiger partial charge in [-0.05, 0) is 50.3 Å². The molecule has 2 aliphatic rings. The van der Waals surface area contributed by atoms with Gasteiger partial charge in [0.05, 0.1) is 11.0 Å². The van der Waals surface area contributed by atoms with Crippen LogP contribution in [0.4, 0.5) is 0 Å². The van der Waals surface area contributed by atoms with Crippen LogP contribution in [-0.4, -0.2) is 15.6 Å². The average Bonchev–Trinajstić information content (AvgIpc) is 3.10. The van der Waals surface area contributed by atoms with Gasteiger partial charge in [-0.1, -0.05) is 19.4 Å². The first kappa shape index (κ1) is 12.4. The van der Waals surface area contributed by atoms with E-state index in [2.05, 4.69) is 36.6 Å². The standard InChI is InChI=1S/C17H23N3/c1-11-5-8-14-13(10-11)19-16(20(14)12-6-7-12)17(2)9-3-4-15(17)18/h5,8,10,12,15H,3-4,6-7,9,18H2,1-2H3. The van der Waals surface area contributed by atoms with E-state index in [-0.39, 0.29) is 11.5 Å². The van der Waals surface area contributed by atoms with Gasteiger partial charge >= 0.3 is 0 Å². The number of benzene rings is 1. The minimum absolute atomic E-state index is 0.0511. The van der Waals surface area contributed by atoms with E-state index in [0.717, 1.165) is 11.9 Å². The molecule has 2 N–H and O–H groups in total. The molecule has 0 radical (unpaired) electrons. The molecule has 0 aliphatic heterocycles. The highest BCUT2D eigenvalue weighted by atomic mass is 15.1. The smallest absolute Gasteiger partial charge is 0.117 e. The van der Waals surface area contributed by atoms with Crippen LogP contribution in [0, 0.1) is 6.92 Å². The largest absolute Gasteiger partial charge is 0.327 e. The van der Waals surface area contributed by atoms with Crippen molar-refractivity contribution in [2.45, 2.75) is 63.5 Å². The summed E-state index contributed by atoms with van der Waals surface area (Å²) in [5.74, 6) is 1.24. The van der Waals surface area contributed by atoms with E-state index in [0.29, 0.717) is 6.04 Å². The molecule has 0 saturated heterocycles. The van der Waals surface area contributed by atoms with Gasteiger partial charge in [-0.25, -0.2) is 4.98 Å². The van der Waals surface area contributed by atoms with Crippen LogP contribution in [0.3, 0.4) is 0 Å². The van der Waals surface area contributed by atoms with Crippen LogP contribution in [0.2, 0.25) is 0 Å². The lowest BCUT2D eigenvalue weighted by Crippen LogP contribution is -2.40. The summed E-state index contributed by atoms with van der Waals surface area (Å²) < 4.78 is 2.50. The van der Waals surface area contributed by atoms with Crippen LogP contribution < -0.4 is 5.73 Å². The van der Waals surface area contributed by atoms with Gasteiger partial charge in [0, 0.05) is 17.5 Å². The number of aryl methyl sites for hydroxylation is 1. The van der Waals surface area contributed by atoms with E-state index >= 15 is 0 Å². The molecule has 0 spiro atoms. The number of hydrogen-bond donors (Lipinski definition) is 1. The Morgan fingerprint density at radius 1 is 1.30 bits per heavy atom. The van der Waals surface area contributed by atoms with Gasteiger partial charge in [0.15, 0.2) is 0 Å². The summed E-state index contributed by atoms with van der Waals surface area (Å²) >= 11 is 0. The quantitative estimate of drug-likeness (QED) is 0.907. The van der Waals surface area contributed by atoms with Crippen molar-refractivity contribution in [3.8, 4) is 0 Å². The summed E-state index contributed by atoms with van der Waals surface area (Å²) in [6, 6.07) is 7.55. The molecule has 20 heavy (non-hydrogen) atoms. The van der Waals surface area contributed by atoms with Crippen molar-refractivity contribution in [2.75, 3.05) is 0 Å². The topological polar surface area (TPSA) is 43.8 Å². The zero-order chi connectivity index (χ0) is 13.9. The molecule has 0 bridgehead atoms. The molecule has 2 saturated carbocycles. The molecule has 3 nitrogen and oxygen atoms in total. The minimum Gasteiger partial charge on any atom is -0.327 e. The minimum atomic E-state index is 0.0511. The van der Waals surface area contributed by atoms with Gasteiger partial charge in [0.2, 0.25) is 0 Å². The molecule has 2 aliphatic carbocycles. The Labute approximate surface area is 120 Å². The average molecular weight is 269 g/mol. The van der Waals surface area contributed by atoms with E-state index in [4.69, 9.17) is 10.7 Å². The Morgan fingerprint density at radius 3 is 2.75 bits per heavy atom. The number of fused-ring (bicyclic) bond motifs is 1. The van der Waals surface area contributed by atoms with Gasteiger partial charge in [0.25, 0.3) is 0 Å². The predicted molar refractivity (Wildman–Crippen MR) is 81.9 cm³/mol. The third kappa shape index (κ3) is 1.65. The van der Waals surface area contributed by atoms with Crippen LogP contribution in [0.15, 0.2) is 18.2 Å². The molecular formula is C17H23N3. The molecule has 4 rings (SSSR count). The highest BCUT2D eigenvalue weighted by Crippen LogP contribution is 2.46. The first-order chi connectivity index (χ1) is 9.59. The lowest BCUT2D eigenvalue weighted by Gasteiger charge is -2.29. The van der Waals surface area contributed by atoms with E-state index in [9.17, 15) is 0 Å². The number of rotatable bonds is 2. The zero-order valence-electron chi connectivity index (χ0n) is 12.4. The van der Waals surface area contributed by atoms with Gasteiger partial charge in [-0.15, -0.1) is 0 Å². The molecule has 106 valence electrons. The molecule has 3 heteroatoms. The van der Waals surface area contributed by atoms with Gasteiger partial charge in [0.1, 0.15) is 5.82 Å². The van der Waals surface area contributed by atoms with Gasteiger partial charge in [-0.2, -0.15) is 0 Å². The molecule has 1 heterocycles. The summed E-state index contributed by atoms with van der Waals surface area (Å²) in [6.45, 7) is 4.45. The summed E-state index contributed by atoms with van der Waals surface area (Å²) in [6.07, 6.45) is 6.10. The maximum atomic E-state index is 6.43. The van der Waals surface area contributed by atoms with Crippen LogP contribution >= 0.6 is 0 Å². The number of hydrogen-bond acceptors (Lipinski definition) is 2. The number of nitrogens with two attached hydrogens (primary N) is 1. The summed E-state index contributed by atoms with van der Waals surface area (Å²) in [7, 11) is 0. The summed E-state index contributed by atoms with van der Waals surface area (Å²) in [5.41, 5.74) is 10.2. The van der Waals surface area contributed by atoms with Crippen molar-refractivity contribution in [2.24, 2.45) is 5.73 Å². The monoisotopic (exact) mass is 269 g/mol. The second kappa shape index (κ2) is 4.08. The van der Waals surface area contributed by atoms with Crippen molar-refractivity contribution >= 4 is 11.0 Å². The lowest BCUT2D eigenvalue weighted by atomic mass is 9.84. The third-order valence-corrected chi connectivity index (χ3v) is 5.30. The fraction of sp³-hybridized carbons (Fsp3) is 0.588. The maximum Gasteiger partial charge on any atom is 0.117 e. The predicted octanol–water partition coefficient (Wildman–Crippen LogP) is 3.45. The van der Waals surface area contributed by atoms with Crippen molar-refractivity contribution in [1.29, 1.82) is 0 Å². The fourth-order valence-electron chi connectivity index (χ4n) is 3.78. The Kier molecular flexibility index (Phi) is 2.53. The van der Waals surface area contributed by atoms with Crippen LogP contribution in [0.5, 0.6) is 0 Å². The molecular weight excluding hydrogens is 246 g/mol. The number of nitrogens with zero attached hydrogens (tertiary/aromatic N) is 2. The van der Waals surface area contributed by atoms with Gasteiger partial charge in [-0.3, -0.25) is 0 Å². The zero-order valence-corrected chi connectivity index (χ0v) is 12.4. The second-order valence-corrected chi connectivity index (χ2v) is 6.94. The third-order valence-electron chi connectivity index (χ3n) is 5.30. The Hall–Kier alpha value is -1.35. The molecule has 1 aromatic heterocycles. The molecule has 0 amide bonds. The van der Waals surface area contributed by atoms with E-state index in [1.807, 2.05) is 0 Å². The maximum absolute atomic E-state index is 6.43. The highest BCUT2D eigenvalue weighted by molar-refractivity contribution is 5.77. The van der Waals surface area contributed by atoms with E-state index in [1.165, 1.54) is 42.6 Å². The SMILES string of the molecule is Cc1ccc2c(c1)nc(C1(C)CCCC1N)n2C1CC1. The van der Waals surface area contributed by atoms with Crippen LogP contribution in [0.1, 0.15) is 56.5 Å². The molecule has 2 fully saturated rings. The second-order valence-electron chi connectivity index (χ2n) is 6.94. The fourth-order valence-corrected chi connectivity index (χ4v) is 3.78. The number of imidazole rings is 1. The Bertz CT molecular complexity index is 668. The first-order valence-corrected chi connectivity index (χ1v) is 7.84. The molecule has 2 unspecified atom stereocenters. The van der Waals surface area contributed by atoms with Crippen LogP contribution in [-0.2, 0) is 5.41 Å². The normalized spacial score (nSPS) is 30.2. The van der Waals surface area contributed by atoms with Crippen LogP contribution in [0.25, 0.3) is 11.0 Å². The Morgan fingerprint density at radius 2 is 2.10 bits per heavy atom. The first-order valence-electron chi connectivity index (χ1n) is 7.84. The van der Waals surface area contributed by atoms with Gasteiger partial charge < -0.3 is 10.3 Å². The van der Waals surface area contributed by atoms with Crippen molar-refractivity contribution in [3.63, 3.8) is 0 Å². The van der Waals surface area contributed by atoms with E-state index < -0.39 is 0 Å². The Balaban J connectivity index is 1.96. The summed E-state index contributed by atoms with van der Waals surface area (Å²) in [5, 5.41) is 0.